The third kappa shape index (κ3) is 2.42. The molecule has 0 aliphatic heterocycles. The zero-order chi connectivity index (χ0) is 12.3. The number of carbonyl (C=O) groups is 2. The van der Waals surface area contributed by atoms with Gasteiger partial charge in [0.2, 0.25) is 5.88 Å². The molecule has 0 bridgehead atoms. The highest BCUT2D eigenvalue weighted by molar-refractivity contribution is 5.93. The van der Waals surface area contributed by atoms with Crippen molar-refractivity contribution in [3.63, 3.8) is 0 Å². The Morgan fingerprint density at radius 2 is 1.94 bits per heavy atom. The number of rotatable bonds is 3. The van der Waals surface area contributed by atoms with Crippen LogP contribution in [0.25, 0.3) is 0 Å². The van der Waals surface area contributed by atoms with Crippen LogP contribution in [0.4, 0.5) is 0 Å². The van der Waals surface area contributed by atoms with Crippen LogP contribution in [-0.2, 0) is 9.53 Å². The largest absolute Gasteiger partial charge is 0.462 e. The molecule has 1 heterocycles. The molecule has 1 rings (SSSR count). The molecule has 0 unspecified atom stereocenters. The van der Waals surface area contributed by atoms with Gasteiger partial charge in [-0.1, -0.05) is 0 Å². The molecule has 5 nitrogen and oxygen atoms in total. The van der Waals surface area contributed by atoms with Crippen molar-refractivity contribution in [2.45, 2.75) is 27.7 Å². The summed E-state index contributed by atoms with van der Waals surface area (Å²) < 4.78 is 9.84. The Bertz CT molecular complexity index is 420. The molecule has 0 aliphatic carbocycles. The van der Waals surface area contributed by atoms with Crippen molar-refractivity contribution in [1.82, 2.24) is 4.98 Å². The second-order valence-corrected chi connectivity index (χ2v) is 3.39. The normalized spacial score (nSPS) is 10.0. The molecule has 0 saturated heterocycles. The summed E-state index contributed by atoms with van der Waals surface area (Å²) in [6.07, 6.45) is 0. The number of esters is 2. The fourth-order valence-electron chi connectivity index (χ4n) is 1.48. The fraction of sp³-hybridized carbons (Fsp3) is 0.455. The van der Waals surface area contributed by atoms with E-state index in [0.717, 1.165) is 0 Å². The summed E-state index contributed by atoms with van der Waals surface area (Å²) in [7, 11) is 0. The van der Waals surface area contributed by atoms with Crippen LogP contribution >= 0.6 is 0 Å². The van der Waals surface area contributed by atoms with Crippen molar-refractivity contribution in [3.8, 4) is 5.88 Å². The van der Waals surface area contributed by atoms with Crippen LogP contribution in [0.2, 0.25) is 0 Å². The molecule has 1 N–H and O–H groups in total. The third-order valence-corrected chi connectivity index (χ3v) is 2.12. The van der Waals surface area contributed by atoms with Gasteiger partial charge < -0.3 is 14.5 Å². The fourth-order valence-corrected chi connectivity index (χ4v) is 1.48. The summed E-state index contributed by atoms with van der Waals surface area (Å²) >= 11 is 0. The Labute approximate surface area is 93.7 Å². The first-order chi connectivity index (χ1) is 7.47. The number of aryl methyl sites for hydroxylation is 1. The maximum Gasteiger partial charge on any atom is 0.340 e. The predicted molar refractivity (Wildman–Crippen MR) is 57.5 cm³/mol. The smallest absolute Gasteiger partial charge is 0.340 e. The van der Waals surface area contributed by atoms with Gasteiger partial charge in [-0.3, -0.25) is 4.79 Å². The summed E-state index contributed by atoms with van der Waals surface area (Å²) in [4.78, 5) is 25.3. The molecule has 0 radical (unpaired) electrons. The highest BCUT2D eigenvalue weighted by Gasteiger charge is 2.20. The lowest BCUT2D eigenvalue weighted by molar-refractivity contribution is -0.132. The van der Waals surface area contributed by atoms with Gasteiger partial charge in [0, 0.05) is 18.2 Å². The van der Waals surface area contributed by atoms with Gasteiger partial charge in [0.05, 0.1) is 12.2 Å². The van der Waals surface area contributed by atoms with Crippen molar-refractivity contribution < 1.29 is 19.1 Å². The number of H-pyrrole nitrogens is 1. The van der Waals surface area contributed by atoms with Crippen molar-refractivity contribution in [2.75, 3.05) is 6.61 Å². The lowest BCUT2D eigenvalue weighted by Crippen LogP contribution is -2.07. The molecule has 1 aromatic heterocycles. The van der Waals surface area contributed by atoms with E-state index < -0.39 is 11.9 Å². The monoisotopic (exact) mass is 225 g/mol. The second kappa shape index (κ2) is 4.83. The Morgan fingerprint density at radius 1 is 1.31 bits per heavy atom. The van der Waals surface area contributed by atoms with Gasteiger partial charge in [0.1, 0.15) is 0 Å². The minimum absolute atomic E-state index is 0.299. The van der Waals surface area contributed by atoms with Gasteiger partial charge in [0.25, 0.3) is 0 Å². The average Bonchev–Trinajstić information content (AvgIpc) is 2.41. The third-order valence-electron chi connectivity index (χ3n) is 2.12. The molecule has 0 saturated carbocycles. The zero-order valence-corrected chi connectivity index (χ0v) is 9.84. The van der Waals surface area contributed by atoms with Crippen LogP contribution in [0, 0.1) is 13.8 Å². The van der Waals surface area contributed by atoms with E-state index in [2.05, 4.69) is 4.98 Å². The van der Waals surface area contributed by atoms with Gasteiger partial charge in [-0.05, 0) is 20.8 Å². The van der Waals surface area contributed by atoms with Crippen LogP contribution < -0.4 is 4.74 Å². The van der Waals surface area contributed by atoms with Gasteiger partial charge >= 0.3 is 11.9 Å². The molecule has 88 valence electrons. The summed E-state index contributed by atoms with van der Waals surface area (Å²) in [5.41, 5.74) is 1.65. The highest BCUT2D eigenvalue weighted by Crippen LogP contribution is 2.24. The molecule has 5 heteroatoms. The van der Waals surface area contributed by atoms with E-state index >= 15 is 0 Å². The highest BCUT2D eigenvalue weighted by atomic mass is 16.5. The van der Waals surface area contributed by atoms with Crippen LogP contribution in [0.15, 0.2) is 0 Å². The number of aromatic amines is 1. The standard InChI is InChI=1S/C11H15NO4/c1-5-15-11(14)9-6(2)10(12-7(9)3)16-8(4)13/h12H,5H2,1-4H3. The van der Waals surface area contributed by atoms with E-state index in [9.17, 15) is 9.59 Å². The lowest BCUT2D eigenvalue weighted by atomic mass is 10.1. The quantitative estimate of drug-likeness (QED) is 0.795. The number of carbonyl (C=O) groups excluding carboxylic acids is 2. The molecule has 1 aromatic rings. The van der Waals surface area contributed by atoms with Gasteiger partial charge in [0.15, 0.2) is 0 Å². The van der Waals surface area contributed by atoms with Crippen LogP contribution in [-0.4, -0.2) is 23.5 Å². The molecule has 16 heavy (non-hydrogen) atoms. The lowest BCUT2D eigenvalue weighted by Gasteiger charge is -2.02. The van der Waals surface area contributed by atoms with E-state index in [0.29, 0.717) is 29.3 Å². The van der Waals surface area contributed by atoms with Crippen molar-refractivity contribution in [2.24, 2.45) is 0 Å². The van der Waals surface area contributed by atoms with Crippen molar-refractivity contribution >= 4 is 11.9 Å². The molecule has 0 atom stereocenters. The SMILES string of the molecule is CCOC(=O)c1c(C)[nH]c(OC(C)=O)c1C. The Hall–Kier alpha value is -1.78. The molecule has 0 amide bonds. The van der Waals surface area contributed by atoms with Crippen molar-refractivity contribution in [3.05, 3.63) is 16.8 Å². The minimum atomic E-state index is -0.431. The maximum atomic E-state index is 11.6. The molecule has 0 spiro atoms. The van der Waals surface area contributed by atoms with Gasteiger partial charge in [-0.25, -0.2) is 4.79 Å². The summed E-state index contributed by atoms with van der Waals surface area (Å²) in [6.45, 7) is 6.79. The van der Waals surface area contributed by atoms with Gasteiger partial charge in [-0.15, -0.1) is 0 Å². The first-order valence-electron chi connectivity index (χ1n) is 5.02. The number of hydrogen-bond donors (Lipinski definition) is 1. The van der Waals surface area contributed by atoms with E-state index in [1.165, 1.54) is 6.92 Å². The predicted octanol–water partition coefficient (Wildman–Crippen LogP) is 1.73. The number of aromatic nitrogens is 1. The molecule has 0 aliphatic rings. The van der Waals surface area contributed by atoms with Crippen LogP contribution in [0.3, 0.4) is 0 Å². The van der Waals surface area contributed by atoms with E-state index in [4.69, 9.17) is 9.47 Å². The second-order valence-electron chi connectivity index (χ2n) is 3.39. The Kier molecular flexibility index (Phi) is 3.71. The number of nitrogens with one attached hydrogen (secondary N) is 1. The van der Waals surface area contributed by atoms with E-state index in [1.54, 1.807) is 20.8 Å². The first-order valence-corrected chi connectivity index (χ1v) is 5.02. The Morgan fingerprint density at radius 3 is 2.44 bits per heavy atom. The van der Waals surface area contributed by atoms with Crippen LogP contribution in [0.5, 0.6) is 5.88 Å². The summed E-state index contributed by atoms with van der Waals surface area (Å²) in [5, 5.41) is 0. The number of hydrogen-bond acceptors (Lipinski definition) is 4. The molecule has 0 fully saturated rings. The van der Waals surface area contributed by atoms with Gasteiger partial charge in [-0.2, -0.15) is 0 Å². The maximum absolute atomic E-state index is 11.6. The topological polar surface area (TPSA) is 68.4 Å². The minimum Gasteiger partial charge on any atom is -0.462 e. The van der Waals surface area contributed by atoms with Crippen molar-refractivity contribution in [1.29, 1.82) is 0 Å². The van der Waals surface area contributed by atoms with E-state index in [1.807, 2.05) is 0 Å². The number of ether oxygens (including phenoxy) is 2. The Balaban J connectivity index is 3.06. The molecular formula is C11H15NO4. The molecular weight excluding hydrogens is 210 g/mol. The molecule has 0 aromatic carbocycles. The summed E-state index contributed by atoms with van der Waals surface area (Å²) in [5.74, 6) is -0.542. The van der Waals surface area contributed by atoms with E-state index in [-0.39, 0.29) is 0 Å². The summed E-state index contributed by atoms with van der Waals surface area (Å²) in [6, 6.07) is 0. The average molecular weight is 225 g/mol. The zero-order valence-electron chi connectivity index (χ0n) is 9.84. The first kappa shape index (κ1) is 12.3. The van der Waals surface area contributed by atoms with Crippen LogP contribution in [0.1, 0.15) is 35.5 Å².